The van der Waals surface area contributed by atoms with Crippen molar-refractivity contribution in [2.24, 2.45) is 0 Å². The number of thiophene rings is 1. The zero-order valence-electron chi connectivity index (χ0n) is 10.2. The summed E-state index contributed by atoms with van der Waals surface area (Å²) in [6.07, 6.45) is 0. The Morgan fingerprint density at radius 2 is 1.84 bits per heavy atom. The first-order valence-electron chi connectivity index (χ1n) is 5.29. The van der Waals surface area contributed by atoms with Gasteiger partial charge in [-0.1, -0.05) is 17.7 Å². The number of carbonyl (C=O) groups is 1. The molecule has 1 aromatic carbocycles. The Kier molecular flexibility index (Phi) is 4.50. The van der Waals surface area contributed by atoms with Gasteiger partial charge in [-0.2, -0.15) is 0 Å². The molecule has 0 saturated carbocycles. The summed E-state index contributed by atoms with van der Waals surface area (Å²) in [7, 11) is 3.03. The molecule has 0 saturated heterocycles. The summed E-state index contributed by atoms with van der Waals surface area (Å²) in [5.41, 5.74) is 0.401. The molecule has 0 aliphatic carbocycles. The Morgan fingerprint density at radius 3 is 2.26 bits per heavy atom. The van der Waals surface area contributed by atoms with Gasteiger partial charge in [-0.25, -0.2) is 0 Å². The number of carbonyl (C=O) groups excluding carboxylic acids is 1. The van der Waals surface area contributed by atoms with Crippen LogP contribution in [0.25, 0.3) is 0 Å². The Morgan fingerprint density at radius 1 is 1.26 bits per heavy atom. The number of ketones is 1. The molecule has 0 aliphatic heterocycles. The normalized spacial score (nSPS) is 10.3. The molecule has 0 spiro atoms. The lowest BCUT2D eigenvalue weighted by Gasteiger charge is -2.10. The molecule has 6 heteroatoms. The van der Waals surface area contributed by atoms with Crippen molar-refractivity contribution in [3.8, 4) is 11.5 Å². The lowest BCUT2D eigenvalue weighted by atomic mass is 10.1. The van der Waals surface area contributed by atoms with Crippen molar-refractivity contribution in [3.05, 3.63) is 43.5 Å². The predicted molar refractivity (Wildman–Crippen MR) is 80.0 cm³/mol. The van der Waals surface area contributed by atoms with E-state index >= 15 is 0 Å². The quantitative estimate of drug-likeness (QED) is 0.757. The van der Waals surface area contributed by atoms with Crippen molar-refractivity contribution >= 4 is 44.7 Å². The van der Waals surface area contributed by atoms with Crippen molar-refractivity contribution in [2.45, 2.75) is 0 Å². The first kappa shape index (κ1) is 14.4. The number of hydrogen-bond acceptors (Lipinski definition) is 4. The van der Waals surface area contributed by atoms with E-state index in [-0.39, 0.29) is 5.78 Å². The van der Waals surface area contributed by atoms with Gasteiger partial charge in [0.2, 0.25) is 5.78 Å². The molecule has 3 nitrogen and oxygen atoms in total. The first-order chi connectivity index (χ1) is 9.08. The summed E-state index contributed by atoms with van der Waals surface area (Å²) in [4.78, 5) is 13.1. The van der Waals surface area contributed by atoms with E-state index < -0.39 is 0 Å². The van der Waals surface area contributed by atoms with Crippen LogP contribution in [0.5, 0.6) is 11.5 Å². The average molecular weight is 362 g/mol. The van der Waals surface area contributed by atoms with E-state index in [9.17, 15) is 4.79 Å². The topological polar surface area (TPSA) is 35.5 Å². The highest BCUT2D eigenvalue weighted by molar-refractivity contribution is 9.10. The molecule has 1 heterocycles. The number of hydrogen-bond donors (Lipinski definition) is 0. The lowest BCUT2D eigenvalue weighted by molar-refractivity contribution is 0.103. The summed E-state index contributed by atoms with van der Waals surface area (Å²) < 4.78 is 11.7. The fraction of sp³-hybridized carbons (Fsp3) is 0.154. The summed E-state index contributed by atoms with van der Waals surface area (Å²) in [6, 6.07) is 6.91. The van der Waals surface area contributed by atoms with Crippen molar-refractivity contribution < 1.29 is 14.3 Å². The summed E-state index contributed by atoms with van der Waals surface area (Å²) in [5, 5.41) is 0. The molecule has 0 radical (unpaired) electrons. The second-order valence-electron chi connectivity index (χ2n) is 3.60. The van der Waals surface area contributed by atoms with Crippen LogP contribution in [-0.4, -0.2) is 20.0 Å². The molecule has 0 amide bonds. The maximum Gasteiger partial charge on any atom is 0.210 e. The number of benzene rings is 1. The minimum atomic E-state index is -0.174. The molecule has 0 unspecified atom stereocenters. The van der Waals surface area contributed by atoms with Crippen LogP contribution in [0.4, 0.5) is 0 Å². The molecule has 1 aromatic heterocycles. The van der Waals surface area contributed by atoms with Crippen LogP contribution in [0, 0.1) is 0 Å². The van der Waals surface area contributed by atoms with Crippen LogP contribution in [0.15, 0.2) is 28.7 Å². The van der Waals surface area contributed by atoms with Crippen molar-refractivity contribution in [3.63, 3.8) is 0 Å². The van der Waals surface area contributed by atoms with Crippen molar-refractivity contribution in [1.82, 2.24) is 0 Å². The summed E-state index contributed by atoms with van der Waals surface area (Å²) in [5.74, 6) is 0.780. The fourth-order valence-corrected chi connectivity index (χ4v) is 3.30. The Balaban J connectivity index is 2.54. The number of halogens is 2. The number of rotatable bonds is 4. The first-order valence-corrected chi connectivity index (χ1v) is 7.27. The van der Waals surface area contributed by atoms with Gasteiger partial charge in [0.25, 0.3) is 0 Å². The van der Waals surface area contributed by atoms with Crippen LogP contribution in [0.2, 0.25) is 4.34 Å². The zero-order valence-corrected chi connectivity index (χ0v) is 13.4. The molecule has 0 bridgehead atoms. The highest BCUT2D eigenvalue weighted by Crippen LogP contribution is 2.37. The molecular weight excluding hydrogens is 352 g/mol. The van der Waals surface area contributed by atoms with Gasteiger partial charge in [0, 0.05) is 4.47 Å². The van der Waals surface area contributed by atoms with Gasteiger partial charge < -0.3 is 9.47 Å². The van der Waals surface area contributed by atoms with Gasteiger partial charge in [-0.15, -0.1) is 11.3 Å². The molecule has 0 N–H and O–H groups in total. The van der Waals surface area contributed by atoms with Gasteiger partial charge in [0.15, 0.2) is 0 Å². The van der Waals surface area contributed by atoms with Crippen molar-refractivity contribution in [1.29, 1.82) is 0 Å². The number of methoxy groups -OCH3 is 2. The zero-order chi connectivity index (χ0) is 14.0. The minimum Gasteiger partial charge on any atom is -0.496 e. The van der Waals surface area contributed by atoms with Crippen LogP contribution >= 0.6 is 38.9 Å². The largest absolute Gasteiger partial charge is 0.496 e. The maximum absolute atomic E-state index is 12.5. The molecule has 2 aromatic rings. The van der Waals surface area contributed by atoms with E-state index in [1.165, 1.54) is 25.6 Å². The minimum absolute atomic E-state index is 0.174. The van der Waals surface area contributed by atoms with E-state index in [0.717, 1.165) is 0 Å². The highest BCUT2D eigenvalue weighted by atomic mass is 79.9. The van der Waals surface area contributed by atoms with Gasteiger partial charge in [-0.3, -0.25) is 4.79 Å². The smallest absolute Gasteiger partial charge is 0.210 e. The summed E-state index contributed by atoms with van der Waals surface area (Å²) in [6.45, 7) is 0. The van der Waals surface area contributed by atoms with E-state index in [1.54, 1.807) is 24.3 Å². The third-order valence-electron chi connectivity index (χ3n) is 2.52. The molecular formula is C13H10BrClO3S. The Bertz CT molecular complexity index is 583. The molecule has 100 valence electrons. The molecule has 0 aliphatic rings. The van der Waals surface area contributed by atoms with E-state index in [1.807, 2.05) is 0 Å². The van der Waals surface area contributed by atoms with Gasteiger partial charge in [-0.05, 0) is 34.1 Å². The van der Waals surface area contributed by atoms with Gasteiger partial charge >= 0.3 is 0 Å². The monoisotopic (exact) mass is 360 g/mol. The lowest BCUT2D eigenvalue weighted by Crippen LogP contribution is -2.04. The Hall–Kier alpha value is -1.04. The standard InChI is InChI=1S/C13H10BrClO3S/c1-17-8-4-3-5-9(18-2)11(8)12(16)10-6-7(14)13(15)19-10/h3-6H,1-2H3. The van der Waals surface area contributed by atoms with Crippen LogP contribution < -0.4 is 9.47 Å². The van der Waals surface area contributed by atoms with Crippen LogP contribution in [-0.2, 0) is 0 Å². The number of ether oxygens (including phenoxy) is 2. The molecule has 0 atom stereocenters. The summed E-state index contributed by atoms with van der Waals surface area (Å²) >= 11 is 10.5. The second-order valence-corrected chi connectivity index (χ2v) is 6.11. The third kappa shape index (κ3) is 2.78. The molecule has 19 heavy (non-hydrogen) atoms. The Labute approximate surface area is 128 Å². The highest BCUT2D eigenvalue weighted by Gasteiger charge is 2.22. The van der Waals surface area contributed by atoms with Crippen molar-refractivity contribution in [2.75, 3.05) is 14.2 Å². The second kappa shape index (κ2) is 5.94. The fourth-order valence-electron chi connectivity index (χ4n) is 1.66. The van der Waals surface area contributed by atoms with Gasteiger partial charge in [0.1, 0.15) is 21.4 Å². The van der Waals surface area contributed by atoms with E-state index in [2.05, 4.69) is 15.9 Å². The van der Waals surface area contributed by atoms with E-state index in [4.69, 9.17) is 21.1 Å². The predicted octanol–water partition coefficient (Wildman–Crippen LogP) is 4.41. The van der Waals surface area contributed by atoms with E-state index in [0.29, 0.717) is 30.7 Å². The molecule has 2 rings (SSSR count). The van der Waals surface area contributed by atoms with Crippen LogP contribution in [0.3, 0.4) is 0 Å². The maximum atomic E-state index is 12.5. The average Bonchev–Trinajstić information content (AvgIpc) is 2.76. The third-order valence-corrected chi connectivity index (χ3v) is 5.00. The molecule has 0 fully saturated rings. The van der Waals surface area contributed by atoms with Crippen LogP contribution in [0.1, 0.15) is 15.2 Å². The van der Waals surface area contributed by atoms with Gasteiger partial charge in [0.05, 0.1) is 19.1 Å². The SMILES string of the molecule is COc1cccc(OC)c1C(=O)c1cc(Br)c(Cl)s1.